The lowest BCUT2D eigenvalue weighted by Gasteiger charge is -2.24. The maximum Gasteiger partial charge on any atom is 0.0130 e. The number of halogens is 1. The normalized spacial score (nSPS) is 25.5. The van der Waals surface area contributed by atoms with Crippen LogP contribution >= 0.6 is 22.6 Å². The largest absolute Gasteiger partial charge is 0.317 e. The summed E-state index contributed by atoms with van der Waals surface area (Å²) in [5.41, 5.74) is 1.50. The Labute approximate surface area is 119 Å². The SMILES string of the molecule is CNC1CCCCCC1Cc1ccc(I)cc1. The van der Waals surface area contributed by atoms with Gasteiger partial charge in [-0.1, -0.05) is 31.4 Å². The van der Waals surface area contributed by atoms with Crippen molar-refractivity contribution in [1.82, 2.24) is 5.32 Å². The molecule has 0 aromatic heterocycles. The molecule has 2 rings (SSSR count). The van der Waals surface area contributed by atoms with Gasteiger partial charge in [0.25, 0.3) is 0 Å². The Hall–Kier alpha value is -0.0900. The molecule has 1 aromatic carbocycles. The van der Waals surface area contributed by atoms with Gasteiger partial charge in [0.05, 0.1) is 0 Å². The molecule has 0 spiro atoms. The molecular weight excluding hydrogens is 321 g/mol. The Bertz CT molecular complexity index is 333. The molecule has 2 heteroatoms. The molecule has 2 unspecified atom stereocenters. The molecule has 1 N–H and O–H groups in total. The minimum absolute atomic E-state index is 0.719. The van der Waals surface area contributed by atoms with E-state index in [1.807, 2.05) is 0 Å². The van der Waals surface area contributed by atoms with E-state index in [2.05, 4.69) is 59.2 Å². The monoisotopic (exact) mass is 343 g/mol. The molecule has 0 bridgehead atoms. The lowest BCUT2D eigenvalue weighted by Crippen LogP contribution is -2.33. The lowest BCUT2D eigenvalue weighted by atomic mass is 9.88. The van der Waals surface area contributed by atoms with Gasteiger partial charge in [-0.15, -0.1) is 0 Å². The first-order chi connectivity index (χ1) is 8.29. The van der Waals surface area contributed by atoms with E-state index in [-0.39, 0.29) is 0 Å². The van der Waals surface area contributed by atoms with Crippen LogP contribution < -0.4 is 5.32 Å². The Morgan fingerprint density at radius 3 is 2.53 bits per heavy atom. The molecule has 1 aliphatic rings. The molecule has 0 radical (unpaired) electrons. The van der Waals surface area contributed by atoms with Crippen LogP contribution in [0.4, 0.5) is 0 Å². The number of hydrogen-bond acceptors (Lipinski definition) is 1. The van der Waals surface area contributed by atoms with Crippen molar-refractivity contribution >= 4 is 22.6 Å². The first kappa shape index (κ1) is 13.3. The molecule has 0 amide bonds. The zero-order chi connectivity index (χ0) is 12.1. The summed E-state index contributed by atoms with van der Waals surface area (Å²) in [6.45, 7) is 0. The smallest absolute Gasteiger partial charge is 0.0130 e. The standard InChI is InChI=1S/C15H22IN/c1-17-15-6-4-2-3-5-13(15)11-12-7-9-14(16)10-8-12/h7-10,13,15,17H,2-6,11H2,1H3. The Kier molecular flexibility index (Phi) is 5.29. The minimum Gasteiger partial charge on any atom is -0.317 e. The average molecular weight is 343 g/mol. The molecule has 94 valence electrons. The molecule has 1 aromatic rings. The molecule has 0 heterocycles. The highest BCUT2D eigenvalue weighted by Gasteiger charge is 2.22. The van der Waals surface area contributed by atoms with E-state index in [4.69, 9.17) is 0 Å². The van der Waals surface area contributed by atoms with E-state index < -0.39 is 0 Å². The van der Waals surface area contributed by atoms with Crippen molar-refractivity contribution in [2.75, 3.05) is 7.05 Å². The molecular formula is C15H22IN. The van der Waals surface area contributed by atoms with Crippen molar-refractivity contribution in [3.8, 4) is 0 Å². The van der Waals surface area contributed by atoms with Crippen LogP contribution in [-0.2, 0) is 6.42 Å². The molecule has 1 aliphatic carbocycles. The highest BCUT2D eigenvalue weighted by atomic mass is 127. The molecule has 1 nitrogen and oxygen atoms in total. The second-order valence-corrected chi connectivity index (χ2v) is 6.37. The molecule has 1 fully saturated rings. The predicted molar refractivity (Wildman–Crippen MR) is 82.3 cm³/mol. The highest BCUT2D eigenvalue weighted by molar-refractivity contribution is 14.1. The third-order valence-electron chi connectivity index (χ3n) is 3.94. The van der Waals surface area contributed by atoms with Crippen molar-refractivity contribution in [2.24, 2.45) is 5.92 Å². The summed E-state index contributed by atoms with van der Waals surface area (Å²) in [4.78, 5) is 0. The predicted octanol–water partition coefficient (Wildman–Crippen LogP) is 4.00. The fourth-order valence-electron chi connectivity index (χ4n) is 2.93. The molecule has 0 saturated heterocycles. The van der Waals surface area contributed by atoms with Gasteiger partial charge in [-0.05, 0) is 72.5 Å². The zero-order valence-corrected chi connectivity index (χ0v) is 12.7. The van der Waals surface area contributed by atoms with Gasteiger partial charge in [0.2, 0.25) is 0 Å². The van der Waals surface area contributed by atoms with Crippen LogP contribution in [0.15, 0.2) is 24.3 Å². The summed E-state index contributed by atoms with van der Waals surface area (Å²) in [6.07, 6.45) is 8.20. The van der Waals surface area contributed by atoms with Crippen LogP contribution in [0.3, 0.4) is 0 Å². The number of hydrogen-bond donors (Lipinski definition) is 1. The number of rotatable bonds is 3. The first-order valence-corrected chi connectivity index (χ1v) is 7.79. The average Bonchev–Trinajstić information content (AvgIpc) is 2.57. The Morgan fingerprint density at radius 2 is 1.82 bits per heavy atom. The van der Waals surface area contributed by atoms with Gasteiger partial charge < -0.3 is 5.32 Å². The summed E-state index contributed by atoms with van der Waals surface area (Å²) in [7, 11) is 2.12. The van der Waals surface area contributed by atoms with Gasteiger partial charge in [-0.3, -0.25) is 0 Å². The quantitative estimate of drug-likeness (QED) is 0.646. The first-order valence-electron chi connectivity index (χ1n) is 6.71. The van der Waals surface area contributed by atoms with E-state index in [9.17, 15) is 0 Å². The topological polar surface area (TPSA) is 12.0 Å². The van der Waals surface area contributed by atoms with Crippen LogP contribution in [0, 0.1) is 9.49 Å². The van der Waals surface area contributed by atoms with Gasteiger partial charge in [-0.25, -0.2) is 0 Å². The Balaban J connectivity index is 2.01. The van der Waals surface area contributed by atoms with Crippen molar-refractivity contribution in [3.05, 3.63) is 33.4 Å². The van der Waals surface area contributed by atoms with Crippen LogP contribution in [0.1, 0.15) is 37.7 Å². The van der Waals surface area contributed by atoms with Gasteiger partial charge in [0.15, 0.2) is 0 Å². The third-order valence-corrected chi connectivity index (χ3v) is 4.66. The second kappa shape index (κ2) is 6.74. The maximum absolute atomic E-state index is 3.52. The van der Waals surface area contributed by atoms with E-state index in [0.717, 1.165) is 12.0 Å². The van der Waals surface area contributed by atoms with Gasteiger partial charge in [0, 0.05) is 9.61 Å². The van der Waals surface area contributed by atoms with E-state index >= 15 is 0 Å². The van der Waals surface area contributed by atoms with Crippen LogP contribution in [-0.4, -0.2) is 13.1 Å². The number of benzene rings is 1. The van der Waals surface area contributed by atoms with Crippen molar-refractivity contribution in [2.45, 2.75) is 44.6 Å². The number of nitrogens with one attached hydrogen (secondary N) is 1. The second-order valence-electron chi connectivity index (χ2n) is 5.12. The van der Waals surface area contributed by atoms with Crippen molar-refractivity contribution in [1.29, 1.82) is 0 Å². The summed E-state index contributed by atoms with van der Waals surface area (Å²) < 4.78 is 1.33. The van der Waals surface area contributed by atoms with Gasteiger partial charge in [-0.2, -0.15) is 0 Å². The molecule has 17 heavy (non-hydrogen) atoms. The fraction of sp³-hybridized carbons (Fsp3) is 0.600. The lowest BCUT2D eigenvalue weighted by molar-refractivity contribution is 0.350. The van der Waals surface area contributed by atoms with Gasteiger partial charge >= 0.3 is 0 Å². The van der Waals surface area contributed by atoms with Crippen LogP contribution in [0.2, 0.25) is 0 Å². The van der Waals surface area contributed by atoms with E-state index in [1.165, 1.54) is 47.7 Å². The maximum atomic E-state index is 3.52. The van der Waals surface area contributed by atoms with Crippen LogP contribution in [0.25, 0.3) is 0 Å². The van der Waals surface area contributed by atoms with Gasteiger partial charge in [0.1, 0.15) is 0 Å². The van der Waals surface area contributed by atoms with Crippen molar-refractivity contribution < 1.29 is 0 Å². The molecule has 1 saturated carbocycles. The summed E-state index contributed by atoms with van der Waals surface area (Å²) in [5, 5.41) is 3.52. The summed E-state index contributed by atoms with van der Waals surface area (Å²) in [6, 6.07) is 9.75. The Morgan fingerprint density at radius 1 is 1.12 bits per heavy atom. The molecule has 2 atom stereocenters. The zero-order valence-electron chi connectivity index (χ0n) is 10.6. The van der Waals surface area contributed by atoms with Crippen molar-refractivity contribution in [3.63, 3.8) is 0 Å². The van der Waals surface area contributed by atoms with E-state index in [0.29, 0.717) is 0 Å². The third kappa shape index (κ3) is 3.95. The van der Waals surface area contributed by atoms with E-state index in [1.54, 1.807) is 0 Å². The highest BCUT2D eigenvalue weighted by Crippen LogP contribution is 2.26. The summed E-state index contributed by atoms with van der Waals surface area (Å²) >= 11 is 2.37. The minimum atomic E-state index is 0.719. The fourth-order valence-corrected chi connectivity index (χ4v) is 3.29. The summed E-state index contributed by atoms with van der Waals surface area (Å²) in [5.74, 6) is 0.822. The van der Waals surface area contributed by atoms with Crippen LogP contribution in [0.5, 0.6) is 0 Å². The molecule has 0 aliphatic heterocycles.